The zero-order chi connectivity index (χ0) is 12.1. The monoisotopic (exact) mass is 230 g/mol. The zero-order valence-electron chi connectivity index (χ0n) is 9.98. The lowest BCUT2D eigenvalue weighted by Gasteiger charge is -2.18. The van der Waals surface area contributed by atoms with Gasteiger partial charge < -0.3 is 10.5 Å². The Morgan fingerprint density at radius 3 is 2.53 bits per heavy atom. The van der Waals surface area contributed by atoms with Crippen molar-refractivity contribution < 1.29 is 4.74 Å². The van der Waals surface area contributed by atoms with Gasteiger partial charge in [-0.2, -0.15) is 5.26 Å². The summed E-state index contributed by atoms with van der Waals surface area (Å²) in [7, 11) is 0. The van der Waals surface area contributed by atoms with Gasteiger partial charge in [0.2, 0.25) is 0 Å². The third kappa shape index (κ3) is 3.13. The Hall–Kier alpha value is -1.69. The summed E-state index contributed by atoms with van der Waals surface area (Å²) < 4.78 is 5.93. The molecule has 0 amide bonds. The van der Waals surface area contributed by atoms with Crippen LogP contribution in [0.2, 0.25) is 0 Å². The number of nitrogens with zero attached hydrogens (tertiary/aromatic N) is 1. The van der Waals surface area contributed by atoms with Gasteiger partial charge in [-0.1, -0.05) is 12.8 Å². The molecule has 0 spiro atoms. The highest BCUT2D eigenvalue weighted by atomic mass is 16.5. The fraction of sp³-hybridized carbons (Fsp3) is 0.500. The Morgan fingerprint density at radius 1 is 1.18 bits per heavy atom. The van der Waals surface area contributed by atoms with Crippen molar-refractivity contribution in [2.45, 2.75) is 44.6 Å². The van der Waals surface area contributed by atoms with Gasteiger partial charge in [0.05, 0.1) is 23.4 Å². The van der Waals surface area contributed by atoms with Crippen molar-refractivity contribution in [3.8, 4) is 11.8 Å². The first-order valence-corrected chi connectivity index (χ1v) is 6.26. The highest BCUT2D eigenvalue weighted by Gasteiger charge is 2.15. The number of nitriles is 1. The number of anilines is 1. The highest BCUT2D eigenvalue weighted by Crippen LogP contribution is 2.27. The SMILES string of the molecule is N#Cc1ccc(N)c(OC2CCCCCC2)c1. The van der Waals surface area contributed by atoms with Crippen LogP contribution in [0.15, 0.2) is 18.2 Å². The van der Waals surface area contributed by atoms with Crippen LogP contribution < -0.4 is 10.5 Å². The molecule has 1 fully saturated rings. The maximum Gasteiger partial charge on any atom is 0.143 e. The molecule has 0 heterocycles. The van der Waals surface area contributed by atoms with E-state index in [4.69, 9.17) is 15.7 Å². The number of ether oxygens (including phenoxy) is 1. The summed E-state index contributed by atoms with van der Waals surface area (Å²) >= 11 is 0. The standard InChI is InChI=1S/C14H18N2O/c15-10-11-7-8-13(16)14(9-11)17-12-5-3-1-2-4-6-12/h7-9,12H,1-6,16H2. The largest absolute Gasteiger partial charge is 0.488 e. The molecule has 3 heteroatoms. The molecular formula is C14H18N2O. The van der Waals surface area contributed by atoms with Crippen molar-refractivity contribution in [2.75, 3.05) is 5.73 Å². The molecule has 1 aliphatic carbocycles. The maximum absolute atomic E-state index is 8.86. The van der Waals surface area contributed by atoms with E-state index in [-0.39, 0.29) is 6.10 Å². The number of hydrogen-bond acceptors (Lipinski definition) is 3. The predicted octanol–water partition coefficient (Wildman–Crippen LogP) is 3.24. The van der Waals surface area contributed by atoms with Crippen LogP contribution in [-0.2, 0) is 0 Å². The molecule has 0 aromatic heterocycles. The van der Waals surface area contributed by atoms with Crippen LogP contribution in [0.25, 0.3) is 0 Å². The van der Waals surface area contributed by atoms with Gasteiger partial charge in [-0.05, 0) is 37.8 Å². The summed E-state index contributed by atoms with van der Waals surface area (Å²) in [5, 5.41) is 8.86. The van der Waals surface area contributed by atoms with E-state index in [1.807, 2.05) is 0 Å². The lowest BCUT2D eigenvalue weighted by atomic mass is 10.1. The smallest absolute Gasteiger partial charge is 0.143 e. The Balaban J connectivity index is 2.09. The number of nitrogens with two attached hydrogens (primary N) is 1. The van der Waals surface area contributed by atoms with Crippen LogP contribution in [0, 0.1) is 11.3 Å². The van der Waals surface area contributed by atoms with E-state index < -0.39 is 0 Å². The Morgan fingerprint density at radius 2 is 1.88 bits per heavy atom. The lowest BCUT2D eigenvalue weighted by Crippen LogP contribution is -2.16. The Labute approximate surface area is 102 Å². The summed E-state index contributed by atoms with van der Waals surface area (Å²) in [6, 6.07) is 7.30. The molecule has 0 saturated heterocycles. The number of nitrogen functional groups attached to an aromatic ring is 1. The summed E-state index contributed by atoms with van der Waals surface area (Å²) in [5.74, 6) is 0.663. The van der Waals surface area contributed by atoms with Crippen molar-refractivity contribution >= 4 is 5.69 Å². The molecule has 0 aliphatic heterocycles. The van der Waals surface area contributed by atoms with E-state index in [0.29, 0.717) is 17.0 Å². The number of rotatable bonds is 2. The summed E-state index contributed by atoms with van der Waals surface area (Å²) in [6.45, 7) is 0. The molecule has 17 heavy (non-hydrogen) atoms. The molecule has 1 aliphatic rings. The van der Waals surface area contributed by atoms with Gasteiger partial charge in [-0.25, -0.2) is 0 Å². The molecule has 1 aromatic carbocycles. The maximum atomic E-state index is 8.86. The Bertz CT molecular complexity index is 415. The Kier molecular flexibility index (Phi) is 3.87. The fourth-order valence-corrected chi connectivity index (χ4v) is 2.25. The van der Waals surface area contributed by atoms with E-state index in [2.05, 4.69) is 6.07 Å². The highest BCUT2D eigenvalue weighted by molar-refractivity contribution is 5.56. The molecule has 0 radical (unpaired) electrons. The predicted molar refractivity (Wildman–Crippen MR) is 67.7 cm³/mol. The van der Waals surface area contributed by atoms with Gasteiger partial charge in [0.25, 0.3) is 0 Å². The van der Waals surface area contributed by atoms with Gasteiger partial charge in [0.15, 0.2) is 0 Å². The first-order valence-electron chi connectivity index (χ1n) is 6.26. The third-order valence-electron chi connectivity index (χ3n) is 3.24. The number of benzene rings is 1. The van der Waals surface area contributed by atoms with E-state index in [9.17, 15) is 0 Å². The molecule has 0 bridgehead atoms. The first-order chi connectivity index (χ1) is 8.29. The molecule has 0 atom stereocenters. The summed E-state index contributed by atoms with van der Waals surface area (Å²) in [4.78, 5) is 0. The zero-order valence-corrected chi connectivity index (χ0v) is 9.98. The third-order valence-corrected chi connectivity index (χ3v) is 3.24. The van der Waals surface area contributed by atoms with Gasteiger partial charge in [-0.15, -0.1) is 0 Å². The molecule has 3 nitrogen and oxygen atoms in total. The molecule has 1 aromatic rings. The second-order valence-corrected chi connectivity index (χ2v) is 4.60. The van der Waals surface area contributed by atoms with Crippen molar-refractivity contribution in [3.63, 3.8) is 0 Å². The van der Waals surface area contributed by atoms with E-state index in [1.54, 1.807) is 18.2 Å². The quantitative estimate of drug-likeness (QED) is 0.626. The van der Waals surface area contributed by atoms with Crippen LogP contribution in [0.1, 0.15) is 44.1 Å². The van der Waals surface area contributed by atoms with Crippen LogP contribution in [0.3, 0.4) is 0 Å². The molecule has 1 saturated carbocycles. The summed E-state index contributed by atoms with van der Waals surface area (Å²) in [5.41, 5.74) is 7.08. The molecular weight excluding hydrogens is 212 g/mol. The average Bonchev–Trinajstić information content (AvgIpc) is 2.60. The first kappa shape index (κ1) is 11.8. The molecule has 90 valence electrons. The second kappa shape index (κ2) is 5.58. The molecule has 2 rings (SSSR count). The minimum absolute atomic E-state index is 0.258. The van der Waals surface area contributed by atoms with Crippen LogP contribution in [-0.4, -0.2) is 6.10 Å². The lowest BCUT2D eigenvalue weighted by molar-refractivity contribution is 0.185. The average molecular weight is 230 g/mol. The van der Waals surface area contributed by atoms with Gasteiger partial charge in [0.1, 0.15) is 5.75 Å². The minimum atomic E-state index is 0.258. The second-order valence-electron chi connectivity index (χ2n) is 4.60. The van der Waals surface area contributed by atoms with Gasteiger partial charge in [-0.3, -0.25) is 0 Å². The summed E-state index contributed by atoms with van der Waals surface area (Å²) in [6.07, 6.45) is 7.49. The topological polar surface area (TPSA) is 59.0 Å². The van der Waals surface area contributed by atoms with E-state index >= 15 is 0 Å². The van der Waals surface area contributed by atoms with Crippen molar-refractivity contribution in [1.82, 2.24) is 0 Å². The van der Waals surface area contributed by atoms with Crippen molar-refractivity contribution in [2.24, 2.45) is 0 Å². The fourth-order valence-electron chi connectivity index (χ4n) is 2.25. The molecule has 0 unspecified atom stereocenters. The van der Waals surface area contributed by atoms with Crippen LogP contribution >= 0.6 is 0 Å². The van der Waals surface area contributed by atoms with Crippen molar-refractivity contribution in [1.29, 1.82) is 5.26 Å². The van der Waals surface area contributed by atoms with Crippen molar-refractivity contribution in [3.05, 3.63) is 23.8 Å². The van der Waals surface area contributed by atoms with Crippen LogP contribution in [0.4, 0.5) is 5.69 Å². The molecule has 2 N–H and O–H groups in total. The minimum Gasteiger partial charge on any atom is -0.488 e. The van der Waals surface area contributed by atoms with E-state index in [1.165, 1.54) is 25.7 Å². The number of hydrogen-bond donors (Lipinski definition) is 1. The van der Waals surface area contributed by atoms with E-state index in [0.717, 1.165) is 12.8 Å². The van der Waals surface area contributed by atoms with Crippen LogP contribution in [0.5, 0.6) is 5.75 Å². The van der Waals surface area contributed by atoms with Gasteiger partial charge >= 0.3 is 0 Å². The van der Waals surface area contributed by atoms with Gasteiger partial charge in [0, 0.05) is 6.07 Å². The normalized spacial score (nSPS) is 17.1.